The van der Waals surface area contributed by atoms with Gasteiger partial charge >= 0.3 is 12.1 Å². The van der Waals surface area contributed by atoms with Crippen LogP contribution in [0, 0.1) is 0 Å². The van der Waals surface area contributed by atoms with Crippen molar-refractivity contribution in [3.63, 3.8) is 0 Å². The molecule has 19 heavy (non-hydrogen) atoms. The van der Waals surface area contributed by atoms with E-state index in [1.165, 1.54) is 0 Å². The molecule has 0 fully saturated rings. The Kier molecular flexibility index (Phi) is 7.43. The van der Waals surface area contributed by atoms with Crippen molar-refractivity contribution in [3.8, 4) is 0 Å². The van der Waals surface area contributed by atoms with E-state index in [2.05, 4.69) is 10.1 Å². The zero-order valence-electron chi connectivity index (χ0n) is 11.2. The molecule has 5 nitrogen and oxygen atoms in total. The summed E-state index contributed by atoms with van der Waals surface area (Å²) in [5.41, 5.74) is 0. The fourth-order valence-corrected chi connectivity index (χ4v) is 1.24. The van der Waals surface area contributed by atoms with Crippen molar-refractivity contribution in [1.29, 1.82) is 0 Å². The second kappa shape index (κ2) is 7.98. The molecule has 0 heterocycles. The third kappa shape index (κ3) is 9.29. The van der Waals surface area contributed by atoms with E-state index in [0.717, 1.165) is 7.11 Å². The molecule has 1 amide bonds. The Morgan fingerprint density at radius 2 is 1.89 bits per heavy atom. The Bertz CT molecular complexity index is 306. The van der Waals surface area contributed by atoms with Crippen molar-refractivity contribution in [1.82, 2.24) is 10.2 Å². The van der Waals surface area contributed by atoms with Crippen LogP contribution in [0.5, 0.6) is 0 Å². The number of esters is 1. The maximum Gasteiger partial charge on any atom is 0.406 e. The van der Waals surface area contributed by atoms with Crippen molar-refractivity contribution < 1.29 is 27.5 Å². The first-order chi connectivity index (χ1) is 8.65. The van der Waals surface area contributed by atoms with Crippen molar-refractivity contribution >= 4 is 11.9 Å². The van der Waals surface area contributed by atoms with Crippen LogP contribution in [-0.2, 0) is 14.3 Å². The maximum absolute atomic E-state index is 12.3. The summed E-state index contributed by atoms with van der Waals surface area (Å²) in [4.78, 5) is 23.2. The Labute approximate surface area is 110 Å². The summed E-state index contributed by atoms with van der Waals surface area (Å²) < 4.78 is 41.4. The number of hydrogen-bond acceptors (Lipinski definition) is 4. The third-order valence-electron chi connectivity index (χ3n) is 2.20. The zero-order valence-corrected chi connectivity index (χ0v) is 11.2. The fourth-order valence-electron chi connectivity index (χ4n) is 1.24. The lowest BCUT2D eigenvalue weighted by Gasteiger charge is -2.24. The summed E-state index contributed by atoms with van der Waals surface area (Å²) in [6.07, 6.45) is -4.76. The highest BCUT2D eigenvalue weighted by Gasteiger charge is 2.33. The van der Waals surface area contributed by atoms with Crippen LogP contribution in [0.1, 0.15) is 20.3 Å². The van der Waals surface area contributed by atoms with Gasteiger partial charge in [0.2, 0.25) is 5.91 Å². The minimum Gasteiger partial charge on any atom is -0.469 e. The van der Waals surface area contributed by atoms with E-state index >= 15 is 0 Å². The monoisotopic (exact) mass is 284 g/mol. The minimum atomic E-state index is -4.50. The number of carbonyl (C=O) groups excluding carboxylic acids is 2. The predicted molar refractivity (Wildman–Crippen MR) is 62.4 cm³/mol. The van der Waals surface area contributed by atoms with Gasteiger partial charge in [-0.1, -0.05) is 13.8 Å². The summed E-state index contributed by atoms with van der Waals surface area (Å²) >= 11 is 0. The molecule has 0 bridgehead atoms. The van der Waals surface area contributed by atoms with E-state index in [0.29, 0.717) is 4.90 Å². The van der Waals surface area contributed by atoms with Gasteiger partial charge in [-0.15, -0.1) is 0 Å². The van der Waals surface area contributed by atoms with Gasteiger partial charge in [0.1, 0.15) is 6.54 Å². The Morgan fingerprint density at radius 1 is 1.32 bits per heavy atom. The van der Waals surface area contributed by atoms with E-state index < -0.39 is 24.6 Å². The number of alkyl halides is 3. The largest absolute Gasteiger partial charge is 0.469 e. The van der Waals surface area contributed by atoms with Gasteiger partial charge in [-0.05, 0) is 0 Å². The summed E-state index contributed by atoms with van der Waals surface area (Å²) in [7, 11) is 1.14. The predicted octanol–water partition coefficient (Wildman–Crippen LogP) is 0.938. The van der Waals surface area contributed by atoms with E-state index in [-0.39, 0.29) is 25.6 Å². The number of rotatable bonds is 7. The van der Waals surface area contributed by atoms with Gasteiger partial charge in [0.15, 0.2) is 0 Å². The Hall–Kier alpha value is -1.31. The Balaban J connectivity index is 4.48. The van der Waals surface area contributed by atoms with Crippen molar-refractivity contribution in [2.24, 2.45) is 0 Å². The number of nitrogens with one attached hydrogen (secondary N) is 1. The molecular formula is C11H19F3N2O3. The highest BCUT2D eigenvalue weighted by Crippen LogP contribution is 2.16. The van der Waals surface area contributed by atoms with Gasteiger partial charge in [-0.3, -0.25) is 9.59 Å². The number of halogens is 3. The smallest absolute Gasteiger partial charge is 0.406 e. The van der Waals surface area contributed by atoms with Crippen LogP contribution in [0.15, 0.2) is 0 Å². The number of methoxy groups -OCH3 is 1. The van der Waals surface area contributed by atoms with Crippen LogP contribution >= 0.6 is 0 Å². The molecule has 8 heteroatoms. The van der Waals surface area contributed by atoms with Gasteiger partial charge in [0.25, 0.3) is 0 Å². The van der Waals surface area contributed by atoms with E-state index in [1.807, 2.05) is 0 Å². The van der Waals surface area contributed by atoms with Crippen molar-refractivity contribution in [3.05, 3.63) is 0 Å². The highest BCUT2D eigenvalue weighted by molar-refractivity contribution is 5.79. The molecule has 0 atom stereocenters. The fraction of sp³-hybridized carbons (Fsp3) is 0.818. The molecule has 0 rings (SSSR count). The molecule has 112 valence electrons. The van der Waals surface area contributed by atoms with E-state index in [4.69, 9.17) is 0 Å². The van der Waals surface area contributed by atoms with Crippen LogP contribution in [0.2, 0.25) is 0 Å². The molecule has 0 aliphatic rings. The average Bonchev–Trinajstić information content (AvgIpc) is 2.29. The molecule has 0 aromatic heterocycles. The number of carbonyl (C=O) groups is 2. The Morgan fingerprint density at radius 3 is 2.32 bits per heavy atom. The third-order valence-corrected chi connectivity index (χ3v) is 2.20. The standard InChI is InChI=1S/C11H19F3N2O3/c1-8(2)15-6-9(17)16(7-11(12,13)14)5-4-10(18)19-3/h8,15H,4-7H2,1-3H3. The minimum absolute atomic E-state index is 0.0164. The molecule has 0 unspecified atom stereocenters. The molecule has 0 saturated carbocycles. The van der Waals surface area contributed by atoms with Crippen LogP contribution in [0.3, 0.4) is 0 Å². The molecule has 1 N–H and O–H groups in total. The van der Waals surface area contributed by atoms with Gasteiger partial charge in [-0.2, -0.15) is 13.2 Å². The van der Waals surface area contributed by atoms with Gasteiger partial charge in [0, 0.05) is 12.6 Å². The van der Waals surface area contributed by atoms with Crippen LogP contribution < -0.4 is 5.32 Å². The topological polar surface area (TPSA) is 58.6 Å². The number of nitrogens with zero attached hydrogens (tertiary/aromatic N) is 1. The van der Waals surface area contributed by atoms with Crippen LogP contribution in [0.4, 0.5) is 13.2 Å². The van der Waals surface area contributed by atoms with Gasteiger partial charge in [-0.25, -0.2) is 0 Å². The summed E-state index contributed by atoms with van der Waals surface area (Å²) in [6, 6.07) is -0.0164. The van der Waals surface area contributed by atoms with Gasteiger partial charge in [0.05, 0.1) is 20.1 Å². The second-order valence-electron chi connectivity index (χ2n) is 4.29. The molecule has 0 radical (unpaired) electrons. The first-order valence-corrected chi connectivity index (χ1v) is 5.80. The van der Waals surface area contributed by atoms with E-state index in [1.54, 1.807) is 13.8 Å². The second-order valence-corrected chi connectivity index (χ2v) is 4.29. The van der Waals surface area contributed by atoms with Crippen molar-refractivity contribution in [2.75, 3.05) is 26.7 Å². The quantitative estimate of drug-likeness (QED) is 0.707. The molecule has 0 aliphatic carbocycles. The maximum atomic E-state index is 12.3. The molecule has 0 saturated heterocycles. The lowest BCUT2D eigenvalue weighted by molar-refractivity contribution is -0.162. The molecular weight excluding hydrogens is 265 g/mol. The first-order valence-electron chi connectivity index (χ1n) is 5.80. The normalized spacial score (nSPS) is 11.5. The lowest BCUT2D eigenvalue weighted by atomic mass is 10.3. The lowest BCUT2D eigenvalue weighted by Crippen LogP contribution is -2.45. The van der Waals surface area contributed by atoms with Crippen molar-refractivity contribution in [2.45, 2.75) is 32.5 Å². The molecule has 0 aromatic rings. The summed E-state index contributed by atoms with van der Waals surface area (Å²) in [5.74, 6) is -1.35. The zero-order chi connectivity index (χ0) is 15.1. The average molecular weight is 284 g/mol. The number of amides is 1. The van der Waals surface area contributed by atoms with E-state index in [9.17, 15) is 22.8 Å². The molecule has 0 spiro atoms. The summed E-state index contributed by atoms with van der Waals surface area (Å²) in [5, 5.41) is 2.74. The van der Waals surface area contributed by atoms with Crippen LogP contribution in [-0.4, -0.2) is 55.7 Å². The molecule has 0 aromatic carbocycles. The van der Waals surface area contributed by atoms with Crippen LogP contribution in [0.25, 0.3) is 0 Å². The molecule has 0 aliphatic heterocycles. The number of hydrogen-bond donors (Lipinski definition) is 1. The highest BCUT2D eigenvalue weighted by atomic mass is 19.4. The first kappa shape index (κ1) is 17.7. The summed E-state index contributed by atoms with van der Waals surface area (Å²) in [6.45, 7) is 1.66. The number of ether oxygens (including phenoxy) is 1. The van der Waals surface area contributed by atoms with Gasteiger partial charge < -0.3 is 15.0 Å². The SMILES string of the molecule is COC(=O)CCN(CC(F)(F)F)C(=O)CNC(C)C.